The van der Waals surface area contributed by atoms with Crippen LogP contribution in [0, 0.1) is 0 Å². The molecule has 1 rings (SSSR count). The molecule has 1 aromatic carbocycles. The van der Waals surface area contributed by atoms with Gasteiger partial charge in [-0.05, 0) is 31.5 Å². The summed E-state index contributed by atoms with van der Waals surface area (Å²) in [5, 5.41) is 20.7. The molecule has 0 fully saturated rings. The lowest BCUT2D eigenvalue weighted by atomic mass is 10.1. The molecule has 1 unspecified atom stereocenters. The van der Waals surface area contributed by atoms with E-state index in [9.17, 15) is 9.59 Å². The summed E-state index contributed by atoms with van der Waals surface area (Å²) >= 11 is 5.74. The van der Waals surface area contributed by atoms with Crippen molar-refractivity contribution < 1.29 is 19.8 Å². The van der Waals surface area contributed by atoms with Crippen LogP contribution in [0.1, 0.15) is 30.1 Å². The van der Waals surface area contributed by atoms with Gasteiger partial charge >= 0.3 is 11.9 Å². The number of aromatic carboxylic acids is 1. The monoisotopic (exact) mass is 271 g/mol. The smallest absolute Gasteiger partial charge is 0.337 e. The molecule has 0 aliphatic rings. The molecule has 0 amide bonds. The van der Waals surface area contributed by atoms with Gasteiger partial charge in [0.15, 0.2) is 0 Å². The molecule has 0 aliphatic carbocycles. The molecule has 0 heterocycles. The molecular weight excluding hydrogens is 258 g/mol. The number of carbonyl (C=O) groups is 2. The summed E-state index contributed by atoms with van der Waals surface area (Å²) in [6.07, 6.45) is 0.522. The molecule has 0 saturated carbocycles. The van der Waals surface area contributed by atoms with Crippen molar-refractivity contribution in [2.45, 2.75) is 25.8 Å². The maximum absolute atomic E-state index is 10.9. The Hall–Kier alpha value is -1.75. The zero-order valence-corrected chi connectivity index (χ0v) is 10.6. The van der Waals surface area contributed by atoms with Gasteiger partial charge in [-0.3, -0.25) is 4.79 Å². The molecule has 6 heteroatoms. The highest BCUT2D eigenvalue weighted by atomic mass is 35.5. The van der Waals surface area contributed by atoms with Gasteiger partial charge in [-0.15, -0.1) is 0 Å². The summed E-state index contributed by atoms with van der Waals surface area (Å²) in [5.41, 5.74) is 0.627. The highest BCUT2D eigenvalue weighted by Gasteiger charge is 2.11. The van der Waals surface area contributed by atoms with Crippen LogP contribution in [0.15, 0.2) is 18.2 Å². The second-order valence-electron chi connectivity index (χ2n) is 3.98. The van der Waals surface area contributed by atoms with Gasteiger partial charge in [0.05, 0.1) is 10.6 Å². The van der Waals surface area contributed by atoms with E-state index < -0.39 is 11.9 Å². The Balaban J connectivity index is 2.70. The normalized spacial score (nSPS) is 11.9. The Kier molecular flexibility index (Phi) is 4.97. The van der Waals surface area contributed by atoms with Crippen LogP contribution in [0.25, 0.3) is 0 Å². The quantitative estimate of drug-likeness (QED) is 0.740. The van der Waals surface area contributed by atoms with Crippen LogP contribution in [0.4, 0.5) is 5.69 Å². The van der Waals surface area contributed by atoms with Crippen LogP contribution in [-0.4, -0.2) is 28.2 Å². The predicted octanol–water partition coefficient (Wildman–Crippen LogP) is 2.70. The van der Waals surface area contributed by atoms with E-state index >= 15 is 0 Å². The highest BCUT2D eigenvalue weighted by molar-refractivity contribution is 6.33. The first-order valence-electron chi connectivity index (χ1n) is 5.41. The molecule has 0 saturated heterocycles. The first kappa shape index (κ1) is 14.3. The standard InChI is InChI=1S/C12H14ClNO4/c1-7(2-5-11(15)16)14-8-3-4-10(13)9(6-8)12(17)18/h3-4,6-7,14H,2,5H2,1H3,(H,15,16)(H,17,18). The number of hydrogen-bond acceptors (Lipinski definition) is 3. The van der Waals surface area contributed by atoms with Gasteiger partial charge in [-0.1, -0.05) is 11.6 Å². The third-order valence-corrected chi connectivity index (χ3v) is 2.73. The maximum Gasteiger partial charge on any atom is 0.337 e. The second-order valence-corrected chi connectivity index (χ2v) is 4.38. The van der Waals surface area contributed by atoms with Gasteiger partial charge in [0.25, 0.3) is 0 Å². The first-order chi connectivity index (χ1) is 8.40. The number of carboxylic acids is 2. The van der Waals surface area contributed by atoms with Crippen LogP contribution in [0.3, 0.4) is 0 Å². The zero-order valence-electron chi connectivity index (χ0n) is 9.81. The lowest BCUT2D eigenvalue weighted by Gasteiger charge is -2.14. The zero-order chi connectivity index (χ0) is 13.7. The van der Waals surface area contributed by atoms with Crippen LogP contribution < -0.4 is 5.32 Å². The fraction of sp³-hybridized carbons (Fsp3) is 0.333. The topological polar surface area (TPSA) is 86.6 Å². The second kappa shape index (κ2) is 6.26. The van der Waals surface area contributed by atoms with E-state index in [0.717, 1.165) is 0 Å². The van der Waals surface area contributed by atoms with E-state index in [0.29, 0.717) is 12.1 Å². The summed E-state index contributed by atoms with van der Waals surface area (Å²) < 4.78 is 0. The molecule has 3 N–H and O–H groups in total. The van der Waals surface area contributed by atoms with Crippen molar-refractivity contribution in [2.24, 2.45) is 0 Å². The van der Waals surface area contributed by atoms with Crippen molar-refractivity contribution in [1.82, 2.24) is 0 Å². The molecule has 1 aromatic rings. The average molecular weight is 272 g/mol. The summed E-state index contributed by atoms with van der Waals surface area (Å²) in [6.45, 7) is 1.83. The lowest BCUT2D eigenvalue weighted by Crippen LogP contribution is -2.17. The predicted molar refractivity (Wildman–Crippen MR) is 68.4 cm³/mol. The van der Waals surface area contributed by atoms with Gasteiger partial charge in [-0.2, -0.15) is 0 Å². The molecule has 18 heavy (non-hydrogen) atoms. The van der Waals surface area contributed by atoms with E-state index in [1.54, 1.807) is 6.07 Å². The van der Waals surface area contributed by atoms with Gasteiger partial charge in [-0.25, -0.2) is 4.79 Å². The molecule has 0 radical (unpaired) electrons. The number of anilines is 1. The molecule has 0 spiro atoms. The van der Waals surface area contributed by atoms with Crippen LogP contribution in [0.2, 0.25) is 5.02 Å². The molecule has 5 nitrogen and oxygen atoms in total. The third-order valence-electron chi connectivity index (χ3n) is 2.40. The number of hydrogen-bond donors (Lipinski definition) is 3. The Labute approximate surface area is 109 Å². The number of nitrogens with one attached hydrogen (secondary N) is 1. The van der Waals surface area contributed by atoms with Crippen molar-refractivity contribution >= 4 is 29.2 Å². The van der Waals surface area contributed by atoms with Gasteiger partial charge in [0.1, 0.15) is 0 Å². The minimum Gasteiger partial charge on any atom is -0.481 e. The van der Waals surface area contributed by atoms with E-state index in [1.165, 1.54) is 12.1 Å². The van der Waals surface area contributed by atoms with Gasteiger partial charge in [0.2, 0.25) is 0 Å². The SMILES string of the molecule is CC(CCC(=O)O)Nc1ccc(Cl)c(C(=O)O)c1. The van der Waals surface area contributed by atoms with Gasteiger partial charge < -0.3 is 15.5 Å². The molecule has 98 valence electrons. The van der Waals surface area contributed by atoms with Crippen molar-refractivity contribution in [3.05, 3.63) is 28.8 Å². The summed E-state index contributed by atoms with van der Waals surface area (Å²) in [7, 11) is 0. The number of rotatable bonds is 6. The number of carboxylic acid groups (broad SMARTS) is 2. The Morgan fingerprint density at radius 2 is 2.06 bits per heavy atom. The Morgan fingerprint density at radius 1 is 1.39 bits per heavy atom. The minimum absolute atomic E-state index is 0.0205. The van der Waals surface area contributed by atoms with Gasteiger partial charge in [0, 0.05) is 18.2 Å². The number of halogens is 1. The molecule has 1 atom stereocenters. The highest BCUT2D eigenvalue weighted by Crippen LogP contribution is 2.21. The van der Waals surface area contributed by atoms with E-state index in [-0.39, 0.29) is 23.0 Å². The van der Waals surface area contributed by atoms with Crippen LogP contribution in [-0.2, 0) is 4.79 Å². The minimum atomic E-state index is -1.10. The van der Waals surface area contributed by atoms with Crippen molar-refractivity contribution in [3.8, 4) is 0 Å². The molecular formula is C12H14ClNO4. The van der Waals surface area contributed by atoms with Crippen molar-refractivity contribution in [2.75, 3.05) is 5.32 Å². The number of benzene rings is 1. The first-order valence-corrected chi connectivity index (χ1v) is 5.79. The van der Waals surface area contributed by atoms with Crippen molar-refractivity contribution in [1.29, 1.82) is 0 Å². The van der Waals surface area contributed by atoms with E-state index in [4.69, 9.17) is 21.8 Å². The summed E-state index contributed by atoms with van der Waals surface area (Å²) in [6, 6.07) is 4.52. The largest absolute Gasteiger partial charge is 0.481 e. The lowest BCUT2D eigenvalue weighted by molar-refractivity contribution is -0.137. The summed E-state index contributed by atoms with van der Waals surface area (Å²) in [4.78, 5) is 21.3. The Bertz CT molecular complexity index is 461. The number of aliphatic carboxylic acids is 1. The maximum atomic E-state index is 10.9. The van der Waals surface area contributed by atoms with Crippen molar-refractivity contribution in [3.63, 3.8) is 0 Å². The molecule has 0 aliphatic heterocycles. The molecule has 0 bridgehead atoms. The Morgan fingerprint density at radius 3 is 2.61 bits per heavy atom. The van der Waals surface area contributed by atoms with Crippen LogP contribution in [0.5, 0.6) is 0 Å². The fourth-order valence-electron chi connectivity index (χ4n) is 1.48. The molecule has 0 aromatic heterocycles. The van der Waals surface area contributed by atoms with Crippen LogP contribution >= 0.6 is 11.6 Å². The third kappa shape index (κ3) is 4.25. The van der Waals surface area contributed by atoms with E-state index in [1.807, 2.05) is 6.92 Å². The fourth-order valence-corrected chi connectivity index (χ4v) is 1.67. The average Bonchev–Trinajstić information content (AvgIpc) is 2.28. The van der Waals surface area contributed by atoms with E-state index in [2.05, 4.69) is 5.32 Å². The summed E-state index contributed by atoms with van der Waals surface area (Å²) in [5.74, 6) is -1.95.